The van der Waals surface area contributed by atoms with Gasteiger partial charge in [-0.2, -0.15) is 0 Å². The number of rotatable bonds is 1. The second kappa shape index (κ2) is 3.95. The molecule has 4 heteroatoms. The lowest BCUT2D eigenvalue weighted by atomic mass is 10.1. The van der Waals surface area contributed by atoms with Gasteiger partial charge in [0.15, 0.2) is 0 Å². The molecule has 0 amide bonds. The molecule has 1 aliphatic rings. The van der Waals surface area contributed by atoms with Crippen molar-refractivity contribution in [1.29, 1.82) is 0 Å². The van der Waals surface area contributed by atoms with Crippen molar-refractivity contribution in [2.75, 3.05) is 0 Å². The van der Waals surface area contributed by atoms with Gasteiger partial charge in [0.2, 0.25) is 0 Å². The summed E-state index contributed by atoms with van der Waals surface area (Å²) in [6, 6.07) is 5.31. The highest BCUT2D eigenvalue weighted by molar-refractivity contribution is 9.10. The highest BCUT2D eigenvalue weighted by atomic mass is 79.9. The maximum atomic E-state index is 13.2. The van der Waals surface area contributed by atoms with Crippen molar-refractivity contribution in [3.63, 3.8) is 0 Å². The summed E-state index contributed by atoms with van der Waals surface area (Å²) in [6.45, 7) is 0. The molecule has 1 nitrogen and oxygen atoms in total. The Morgan fingerprint density at radius 3 is 2.54 bits per heavy atom. The predicted octanol–water partition coefficient (Wildman–Crippen LogP) is 2.82. The van der Waals surface area contributed by atoms with Crippen LogP contribution in [-0.2, 0) is 0 Å². The first-order chi connectivity index (χ1) is 5.68. The topological polar surface area (TPSA) is 26.0 Å². The number of halogens is 3. The van der Waals surface area contributed by atoms with Gasteiger partial charge < -0.3 is 5.73 Å². The van der Waals surface area contributed by atoms with E-state index in [0.717, 1.165) is 16.5 Å². The Morgan fingerprint density at radius 1 is 1.46 bits per heavy atom. The fourth-order valence-corrected chi connectivity index (χ4v) is 1.71. The second-order valence-corrected chi connectivity index (χ2v) is 4.09. The van der Waals surface area contributed by atoms with Gasteiger partial charge in [0, 0.05) is 16.4 Å². The van der Waals surface area contributed by atoms with Crippen LogP contribution in [0.2, 0.25) is 0 Å². The minimum absolute atomic E-state index is 0. The summed E-state index contributed by atoms with van der Waals surface area (Å²) in [5.74, 6) is 0.0976. The number of hydrogen-bond acceptors (Lipinski definition) is 1. The van der Waals surface area contributed by atoms with E-state index in [9.17, 15) is 4.39 Å². The molecule has 2 rings (SSSR count). The van der Waals surface area contributed by atoms with Crippen molar-refractivity contribution < 1.29 is 4.39 Å². The van der Waals surface area contributed by atoms with Gasteiger partial charge in [-0.25, -0.2) is 4.39 Å². The molecule has 0 unspecified atom stereocenters. The zero-order chi connectivity index (χ0) is 8.72. The van der Waals surface area contributed by atoms with E-state index >= 15 is 0 Å². The second-order valence-electron chi connectivity index (χ2n) is 3.17. The van der Waals surface area contributed by atoms with E-state index in [2.05, 4.69) is 15.9 Å². The minimum Gasteiger partial charge on any atom is -0.327 e. The smallest absolute Gasteiger partial charge is 0.127 e. The first-order valence-corrected chi connectivity index (χ1v) is 4.68. The Bertz CT molecular complexity index is 318. The van der Waals surface area contributed by atoms with Gasteiger partial charge in [0.25, 0.3) is 0 Å². The third kappa shape index (κ3) is 2.22. The van der Waals surface area contributed by atoms with Crippen molar-refractivity contribution in [2.24, 2.45) is 5.73 Å². The van der Waals surface area contributed by atoms with Gasteiger partial charge in [-0.1, -0.05) is 22.0 Å². The van der Waals surface area contributed by atoms with Gasteiger partial charge in [0.05, 0.1) is 0 Å². The van der Waals surface area contributed by atoms with Crippen molar-refractivity contribution in [3.05, 3.63) is 34.1 Å². The molecule has 0 aromatic heterocycles. The summed E-state index contributed by atoms with van der Waals surface area (Å²) in [6.07, 6.45) is 0.915. The highest BCUT2D eigenvalue weighted by Crippen LogP contribution is 2.40. The summed E-state index contributed by atoms with van der Waals surface area (Å²) in [5.41, 5.74) is 6.38. The summed E-state index contributed by atoms with van der Waals surface area (Å²) in [4.78, 5) is 0. The quantitative estimate of drug-likeness (QED) is 0.831. The van der Waals surface area contributed by atoms with Gasteiger partial charge >= 0.3 is 0 Å². The Balaban J connectivity index is 0.000000845. The summed E-state index contributed by atoms with van der Waals surface area (Å²) >= 11 is 3.21. The van der Waals surface area contributed by atoms with E-state index in [0.29, 0.717) is 0 Å². The van der Waals surface area contributed by atoms with Crippen LogP contribution in [0.25, 0.3) is 0 Å². The first-order valence-electron chi connectivity index (χ1n) is 3.89. The van der Waals surface area contributed by atoms with Crippen LogP contribution >= 0.6 is 28.3 Å². The van der Waals surface area contributed by atoms with Crippen LogP contribution in [0.15, 0.2) is 22.7 Å². The van der Waals surface area contributed by atoms with Gasteiger partial charge in [-0.15, -0.1) is 12.4 Å². The lowest BCUT2D eigenvalue weighted by molar-refractivity contribution is 0.608. The predicted molar refractivity (Wildman–Crippen MR) is 56.7 cm³/mol. The molecular weight excluding hydrogens is 256 g/mol. The van der Waals surface area contributed by atoms with E-state index < -0.39 is 0 Å². The average Bonchev–Trinajstić information content (AvgIpc) is 2.66. The Labute approximate surface area is 91.0 Å². The Morgan fingerprint density at radius 2 is 2.08 bits per heavy atom. The molecule has 0 spiro atoms. The van der Waals surface area contributed by atoms with Crippen LogP contribution in [0.5, 0.6) is 0 Å². The maximum absolute atomic E-state index is 13.2. The van der Waals surface area contributed by atoms with Crippen molar-refractivity contribution in [2.45, 2.75) is 18.4 Å². The van der Waals surface area contributed by atoms with Crippen LogP contribution in [0.4, 0.5) is 4.39 Å². The van der Waals surface area contributed by atoms with Crippen molar-refractivity contribution in [3.8, 4) is 0 Å². The van der Waals surface area contributed by atoms with Crippen molar-refractivity contribution in [1.82, 2.24) is 0 Å². The van der Waals surface area contributed by atoms with E-state index in [1.807, 2.05) is 6.07 Å². The zero-order valence-electron chi connectivity index (χ0n) is 6.84. The van der Waals surface area contributed by atoms with E-state index in [1.165, 1.54) is 6.07 Å². The van der Waals surface area contributed by atoms with Gasteiger partial charge in [-0.05, 0) is 24.1 Å². The average molecular weight is 267 g/mol. The molecule has 1 fully saturated rings. The van der Waals surface area contributed by atoms with Crippen LogP contribution in [-0.4, -0.2) is 6.04 Å². The lowest BCUT2D eigenvalue weighted by Crippen LogP contribution is -2.02. The fraction of sp³-hybridized carbons (Fsp3) is 0.333. The standard InChI is InChI=1S/C9H9BrFN.ClH/c10-5-1-2-6(8(11)3-5)7-4-9(7)12;/h1-3,7,9H,4,12H2;1H/t7-,9+;/m0./s1. The molecule has 0 heterocycles. The molecule has 2 N–H and O–H groups in total. The first kappa shape index (κ1) is 11.0. The number of hydrogen-bond donors (Lipinski definition) is 1. The third-order valence-corrected chi connectivity index (χ3v) is 2.70. The third-order valence-electron chi connectivity index (χ3n) is 2.20. The molecule has 0 radical (unpaired) electrons. The van der Waals surface area contributed by atoms with Crippen LogP contribution in [0.3, 0.4) is 0 Å². The largest absolute Gasteiger partial charge is 0.327 e. The fourth-order valence-electron chi connectivity index (χ4n) is 1.37. The molecule has 1 aromatic carbocycles. The molecule has 0 bridgehead atoms. The normalized spacial score (nSPS) is 25.2. The molecule has 13 heavy (non-hydrogen) atoms. The molecule has 1 aliphatic carbocycles. The molecule has 1 aromatic rings. The molecule has 72 valence electrons. The lowest BCUT2D eigenvalue weighted by Gasteiger charge is -2.00. The van der Waals surface area contributed by atoms with Crippen molar-refractivity contribution >= 4 is 28.3 Å². The van der Waals surface area contributed by atoms with E-state index in [-0.39, 0.29) is 30.2 Å². The van der Waals surface area contributed by atoms with Crippen LogP contribution < -0.4 is 5.73 Å². The minimum atomic E-state index is -0.151. The number of benzene rings is 1. The molecule has 0 aliphatic heterocycles. The zero-order valence-corrected chi connectivity index (χ0v) is 9.24. The monoisotopic (exact) mass is 265 g/mol. The summed E-state index contributed by atoms with van der Waals surface area (Å²) in [7, 11) is 0. The highest BCUT2D eigenvalue weighted by Gasteiger charge is 2.36. The molecular formula is C9H10BrClFN. The Kier molecular flexibility index (Phi) is 3.33. The Hall–Kier alpha value is -0.120. The van der Waals surface area contributed by atoms with Gasteiger partial charge in [0.1, 0.15) is 5.82 Å². The van der Waals surface area contributed by atoms with E-state index in [1.54, 1.807) is 6.07 Å². The maximum Gasteiger partial charge on any atom is 0.127 e. The SMILES string of the molecule is Cl.N[C@@H]1C[C@H]1c1ccc(Br)cc1F. The van der Waals surface area contributed by atoms with Crippen LogP contribution in [0, 0.1) is 5.82 Å². The molecule has 2 atom stereocenters. The van der Waals surface area contributed by atoms with Gasteiger partial charge in [-0.3, -0.25) is 0 Å². The van der Waals surface area contributed by atoms with E-state index in [4.69, 9.17) is 5.73 Å². The molecule has 0 saturated heterocycles. The summed E-state index contributed by atoms with van der Waals surface area (Å²) in [5, 5.41) is 0. The number of nitrogens with two attached hydrogens (primary N) is 1. The molecule has 1 saturated carbocycles. The van der Waals surface area contributed by atoms with Crippen LogP contribution in [0.1, 0.15) is 17.9 Å². The summed E-state index contributed by atoms with van der Waals surface area (Å²) < 4.78 is 14.0.